The van der Waals surface area contributed by atoms with Gasteiger partial charge in [0.1, 0.15) is 10.6 Å². The zero-order valence-electron chi connectivity index (χ0n) is 12.5. The Bertz CT molecular complexity index is 757. The molecule has 5 heteroatoms. The van der Waals surface area contributed by atoms with Crippen LogP contribution in [0.3, 0.4) is 0 Å². The van der Waals surface area contributed by atoms with Crippen LogP contribution in [0.2, 0.25) is 0 Å². The third-order valence-electron chi connectivity index (χ3n) is 3.22. The summed E-state index contributed by atoms with van der Waals surface area (Å²) in [6.45, 7) is 3.72. The molecule has 0 amide bonds. The summed E-state index contributed by atoms with van der Waals surface area (Å²) in [5.41, 5.74) is 2.79. The summed E-state index contributed by atoms with van der Waals surface area (Å²) >= 11 is 0. The van der Waals surface area contributed by atoms with E-state index in [-0.39, 0.29) is 17.3 Å². The van der Waals surface area contributed by atoms with Gasteiger partial charge in [0.2, 0.25) is 0 Å². The highest BCUT2D eigenvalue weighted by Crippen LogP contribution is 2.22. The van der Waals surface area contributed by atoms with Gasteiger partial charge in [-0.05, 0) is 49.2 Å². The fourth-order valence-electron chi connectivity index (χ4n) is 1.91. The van der Waals surface area contributed by atoms with Crippen LogP contribution in [-0.4, -0.2) is 20.1 Å². The lowest BCUT2D eigenvalue weighted by atomic mass is 10.1. The second kappa shape index (κ2) is 6.77. The predicted molar refractivity (Wildman–Crippen MR) is 86.2 cm³/mol. The van der Waals surface area contributed by atoms with Crippen molar-refractivity contribution in [3.05, 3.63) is 65.7 Å². The molecule has 116 valence electrons. The second-order valence-electron chi connectivity index (χ2n) is 4.94. The molecule has 1 N–H and O–H groups in total. The molecule has 2 aromatic rings. The Morgan fingerprint density at radius 1 is 1.09 bits per heavy atom. The van der Waals surface area contributed by atoms with E-state index in [2.05, 4.69) is 0 Å². The molecule has 22 heavy (non-hydrogen) atoms. The average molecular weight is 318 g/mol. The van der Waals surface area contributed by atoms with Crippen molar-refractivity contribution in [1.82, 2.24) is 0 Å². The van der Waals surface area contributed by atoms with Crippen molar-refractivity contribution in [2.24, 2.45) is 0 Å². The highest BCUT2D eigenvalue weighted by molar-refractivity contribution is 7.87. The van der Waals surface area contributed by atoms with Crippen LogP contribution in [0.15, 0.2) is 59.5 Å². The normalized spacial score (nSPS) is 12.2. The number of aryl methyl sites for hydroxylation is 1. The van der Waals surface area contributed by atoms with Gasteiger partial charge in [-0.25, -0.2) is 0 Å². The first-order valence-electron chi connectivity index (χ1n) is 6.81. The van der Waals surface area contributed by atoms with Crippen LogP contribution in [-0.2, 0) is 10.1 Å². The van der Waals surface area contributed by atoms with Crippen LogP contribution in [0.4, 0.5) is 0 Å². The first-order valence-corrected chi connectivity index (χ1v) is 8.22. The van der Waals surface area contributed by atoms with Crippen molar-refractivity contribution in [2.45, 2.75) is 18.7 Å². The number of aliphatic hydroxyl groups is 1. The SMILES string of the molecule is C/C(=C\CO)c1ccc(OS(=O)(=O)c2ccc(C)cc2)cc1. The molecule has 2 aromatic carbocycles. The number of aliphatic hydroxyl groups excluding tert-OH is 1. The molecule has 0 unspecified atom stereocenters. The fraction of sp³-hybridized carbons (Fsp3) is 0.176. The molecule has 0 fully saturated rings. The Balaban J connectivity index is 2.20. The first-order chi connectivity index (χ1) is 10.4. The Labute approximate surface area is 130 Å². The third kappa shape index (κ3) is 3.96. The van der Waals surface area contributed by atoms with E-state index in [0.717, 1.165) is 16.7 Å². The monoisotopic (exact) mass is 318 g/mol. The molecule has 0 saturated heterocycles. The standard InChI is InChI=1S/C17H18O4S/c1-13-3-9-17(10-4-13)22(19,20)21-16-7-5-15(6-8-16)14(2)11-12-18/h3-11,18H,12H2,1-2H3/b14-11+. The minimum atomic E-state index is -3.83. The van der Waals surface area contributed by atoms with Gasteiger partial charge in [-0.3, -0.25) is 0 Å². The topological polar surface area (TPSA) is 63.6 Å². The zero-order chi connectivity index (χ0) is 16.2. The molecule has 0 atom stereocenters. The Morgan fingerprint density at radius 3 is 2.23 bits per heavy atom. The van der Waals surface area contributed by atoms with Crippen molar-refractivity contribution in [3.8, 4) is 5.75 Å². The molecule has 0 aliphatic rings. The maximum absolute atomic E-state index is 12.2. The first kappa shape index (κ1) is 16.3. The van der Waals surface area contributed by atoms with Crippen LogP contribution in [0.25, 0.3) is 5.57 Å². The molecule has 0 aliphatic heterocycles. The maximum Gasteiger partial charge on any atom is 0.339 e. The lowest BCUT2D eigenvalue weighted by Crippen LogP contribution is -2.09. The van der Waals surface area contributed by atoms with Crippen LogP contribution in [0.5, 0.6) is 5.75 Å². The van der Waals surface area contributed by atoms with Crippen LogP contribution in [0.1, 0.15) is 18.1 Å². The largest absolute Gasteiger partial charge is 0.392 e. The summed E-state index contributed by atoms with van der Waals surface area (Å²) in [4.78, 5) is 0.124. The van der Waals surface area contributed by atoms with Crippen LogP contribution < -0.4 is 4.18 Å². The van der Waals surface area contributed by atoms with Crippen molar-refractivity contribution < 1.29 is 17.7 Å². The quantitative estimate of drug-likeness (QED) is 0.860. The van der Waals surface area contributed by atoms with Gasteiger partial charge < -0.3 is 9.29 Å². The molecule has 0 saturated carbocycles. The van der Waals surface area contributed by atoms with Crippen molar-refractivity contribution in [3.63, 3.8) is 0 Å². The van der Waals surface area contributed by atoms with Gasteiger partial charge in [0.15, 0.2) is 0 Å². The minimum absolute atomic E-state index is 0.0358. The van der Waals surface area contributed by atoms with E-state index in [4.69, 9.17) is 9.29 Å². The summed E-state index contributed by atoms with van der Waals surface area (Å²) in [6.07, 6.45) is 1.68. The summed E-state index contributed by atoms with van der Waals surface area (Å²) in [7, 11) is -3.83. The summed E-state index contributed by atoms with van der Waals surface area (Å²) < 4.78 is 29.5. The second-order valence-corrected chi connectivity index (χ2v) is 6.49. The molecule has 4 nitrogen and oxygen atoms in total. The zero-order valence-corrected chi connectivity index (χ0v) is 13.3. The van der Waals surface area contributed by atoms with E-state index in [1.165, 1.54) is 12.1 Å². The smallest absolute Gasteiger partial charge is 0.339 e. The lowest BCUT2D eigenvalue weighted by molar-refractivity contribution is 0.343. The molecule has 0 aliphatic carbocycles. The molecule has 0 spiro atoms. The van der Waals surface area contributed by atoms with Crippen LogP contribution in [0, 0.1) is 6.92 Å². The van der Waals surface area contributed by atoms with Crippen LogP contribution >= 0.6 is 0 Å². The van der Waals surface area contributed by atoms with Gasteiger partial charge in [-0.2, -0.15) is 8.42 Å². The predicted octanol–water partition coefficient (Wildman–Crippen LogP) is 3.16. The van der Waals surface area contributed by atoms with Gasteiger partial charge in [0, 0.05) is 0 Å². The molecule has 2 rings (SSSR count). The van der Waals surface area contributed by atoms with Gasteiger partial charge in [-0.1, -0.05) is 35.9 Å². The fourth-order valence-corrected chi connectivity index (χ4v) is 2.84. The highest BCUT2D eigenvalue weighted by atomic mass is 32.2. The number of benzene rings is 2. The number of rotatable bonds is 5. The Hall–Kier alpha value is -2.11. The van der Waals surface area contributed by atoms with Gasteiger partial charge in [0.05, 0.1) is 6.61 Å². The Morgan fingerprint density at radius 2 is 1.68 bits per heavy atom. The maximum atomic E-state index is 12.2. The van der Waals surface area contributed by atoms with E-state index >= 15 is 0 Å². The van der Waals surface area contributed by atoms with E-state index in [0.29, 0.717) is 0 Å². The van der Waals surface area contributed by atoms with Crippen molar-refractivity contribution >= 4 is 15.7 Å². The molecular formula is C17H18O4S. The minimum Gasteiger partial charge on any atom is -0.392 e. The van der Waals surface area contributed by atoms with Crippen molar-refractivity contribution in [1.29, 1.82) is 0 Å². The third-order valence-corrected chi connectivity index (χ3v) is 4.48. The summed E-state index contributed by atoms with van der Waals surface area (Å²) in [6, 6.07) is 13.2. The average Bonchev–Trinajstić information content (AvgIpc) is 2.48. The van der Waals surface area contributed by atoms with Gasteiger partial charge in [-0.15, -0.1) is 0 Å². The summed E-state index contributed by atoms with van der Waals surface area (Å²) in [5.74, 6) is 0.251. The molecule has 0 bridgehead atoms. The van der Waals surface area contributed by atoms with Gasteiger partial charge in [0.25, 0.3) is 0 Å². The van der Waals surface area contributed by atoms with E-state index < -0.39 is 10.1 Å². The molecule has 0 aromatic heterocycles. The number of hydrogen-bond acceptors (Lipinski definition) is 4. The molecular weight excluding hydrogens is 300 g/mol. The number of allylic oxidation sites excluding steroid dienone is 1. The summed E-state index contributed by atoms with van der Waals surface area (Å²) in [5, 5.41) is 8.87. The van der Waals surface area contributed by atoms with E-state index in [1.54, 1.807) is 42.5 Å². The van der Waals surface area contributed by atoms with Crippen molar-refractivity contribution in [2.75, 3.05) is 6.61 Å². The number of hydrogen-bond donors (Lipinski definition) is 1. The molecule has 0 radical (unpaired) electrons. The van der Waals surface area contributed by atoms with E-state index in [1.807, 2.05) is 13.8 Å². The molecule has 0 heterocycles. The lowest BCUT2D eigenvalue weighted by Gasteiger charge is -2.08. The van der Waals surface area contributed by atoms with E-state index in [9.17, 15) is 8.42 Å². The Kier molecular flexibility index (Phi) is 5.00. The van der Waals surface area contributed by atoms with Gasteiger partial charge >= 0.3 is 10.1 Å². The highest BCUT2D eigenvalue weighted by Gasteiger charge is 2.16.